The average Bonchev–Trinajstić information content (AvgIpc) is 2.66. The van der Waals surface area contributed by atoms with Crippen molar-refractivity contribution in [3.8, 4) is 5.88 Å². The molecule has 1 aliphatic rings. The van der Waals surface area contributed by atoms with E-state index in [2.05, 4.69) is 10.00 Å². The zero-order valence-corrected chi connectivity index (χ0v) is 10.1. The summed E-state index contributed by atoms with van der Waals surface area (Å²) in [6.07, 6.45) is 3.82. The molecule has 1 fully saturated rings. The Hall–Kier alpha value is -1.23. The molecule has 0 bridgehead atoms. The van der Waals surface area contributed by atoms with Gasteiger partial charge in [-0.3, -0.25) is 0 Å². The highest BCUT2D eigenvalue weighted by Crippen LogP contribution is 2.29. The van der Waals surface area contributed by atoms with Crippen LogP contribution in [0.15, 0.2) is 0 Å². The summed E-state index contributed by atoms with van der Waals surface area (Å²) in [6, 6.07) is 0. The Morgan fingerprint density at radius 3 is 2.56 bits per heavy atom. The number of ether oxygens (including phenoxy) is 1. The van der Waals surface area contributed by atoms with Gasteiger partial charge in [0.25, 0.3) is 0 Å². The van der Waals surface area contributed by atoms with Crippen LogP contribution in [-0.2, 0) is 13.6 Å². The van der Waals surface area contributed by atoms with Crippen LogP contribution in [0, 0.1) is 0 Å². The zero-order valence-electron chi connectivity index (χ0n) is 10.1. The fourth-order valence-electron chi connectivity index (χ4n) is 2.38. The molecule has 0 saturated carbocycles. The van der Waals surface area contributed by atoms with Gasteiger partial charge in [-0.25, -0.2) is 4.68 Å². The van der Waals surface area contributed by atoms with Crippen LogP contribution >= 0.6 is 0 Å². The standard InChI is InChI=1S/C11H20N4O/c1-14-11(15-6-4-3-5-7-15)9(8-12)10(13-14)16-2/h3-8,12H2,1-2H3. The maximum Gasteiger partial charge on any atom is 0.239 e. The number of nitrogens with zero attached hydrogens (tertiary/aromatic N) is 3. The van der Waals surface area contributed by atoms with Gasteiger partial charge in [0.1, 0.15) is 5.82 Å². The van der Waals surface area contributed by atoms with E-state index in [1.165, 1.54) is 19.3 Å². The van der Waals surface area contributed by atoms with E-state index in [1.807, 2.05) is 11.7 Å². The lowest BCUT2D eigenvalue weighted by atomic mass is 10.1. The van der Waals surface area contributed by atoms with Gasteiger partial charge < -0.3 is 15.4 Å². The molecule has 2 rings (SSSR count). The van der Waals surface area contributed by atoms with Crippen molar-refractivity contribution in [1.29, 1.82) is 0 Å². The van der Waals surface area contributed by atoms with Crippen LogP contribution in [0.3, 0.4) is 0 Å². The average molecular weight is 224 g/mol. The minimum absolute atomic E-state index is 0.475. The van der Waals surface area contributed by atoms with Crippen molar-refractivity contribution >= 4 is 5.82 Å². The van der Waals surface area contributed by atoms with E-state index in [0.717, 1.165) is 24.5 Å². The van der Waals surface area contributed by atoms with Crippen LogP contribution in [0.2, 0.25) is 0 Å². The Morgan fingerprint density at radius 1 is 1.31 bits per heavy atom. The molecular weight excluding hydrogens is 204 g/mol. The molecule has 0 atom stereocenters. The molecule has 0 aliphatic carbocycles. The smallest absolute Gasteiger partial charge is 0.239 e. The minimum atomic E-state index is 0.475. The van der Waals surface area contributed by atoms with Crippen molar-refractivity contribution in [3.05, 3.63) is 5.56 Å². The lowest BCUT2D eigenvalue weighted by molar-refractivity contribution is 0.388. The molecule has 2 N–H and O–H groups in total. The van der Waals surface area contributed by atoms with Gasteiger partial charge in [-0.05, 0) is 19.3 Å². The van der Waals surface area contributed by atoms with E-state index in [0.29, 0.717) is 12.4 Å². The highest BCUT2D eigenvalue weighted by Gasteiger charge is 2.22. The maximum atomic E-state index is 5.79. The van der Waals surface area contributed by atoms with Crippen LogP contribution in [0.4, 0.5) is 5.82 Å². The van der Waals surface area contributed by atoms with Gasteiger partial charge in [0.2, 0.25) is 5.88 Å². The molecule has 1 saturated heterocycles. The number of anilines is 1. The monoisotopic (exact) mass is 224 g/mol. The van der Waals surface area contributed by atoms with Gasteiger partial charge in [-0.2, -0.15) is 0 Å². The largest absolute Gasteiger partial charge is 0.480 e. The predicted octanol–water partition coefficient (Wildman–Crippen LogP) is 0.878. The van der Waals surface area contributed by atoms with Crippen LogP contribution in [0.1, 0.15) is 24.8 Å². The Balaban J connectivity index is 2.33. The molecule has 1 aromatic heterocycles. The highest BCUT2D eigenvalue weighted by molar-refractivity contribution is 5.53. The fourth-order valence-corrected chi connectivity index (χ4v) is 2.38. The number of piperidine rings is 1. The topological polar surface area (TPSA) is 56.3 Å². The summed E-state index contributed by atoms with van der Waals surface area (Å²) in [6.45, 7) is 2.66. The van der Waals surface area contributed by atoms with Gasteiger partial charge in [0.05, 0.1) is 12.7 Å². The summed E-state index contributed by atoms with van der Waals surface area (Å²) < 4.78 is 7.13. The van der Waals surface area contributed by atoms with Crippen LogP contribution in [0.5, 0.6) is 5.88 Å². The predicted molar refractivity (Wildman–Crippen MR) is 63.7 cm³/mol. The van der Waals surface area contributed by atoms with Gasteiger partial charge in [-0.1, -0.05) is 0 Å². The van der Waals surface area contributed by atoms with Gasteiger partial charge in [0, 0.05) is 26.7 Å². The maximum absolute atomic E-state index is 5.79. The second-order valence-corrected chi connectivity index (χ2v) is 4.19. The zero-order chi connectivity index (χ0) is 11.5. The molecule has 90 valence electrons. The third-order valence-electron chi connectivity index (χ3n) is 3.13. The fraction of sp³-hybridized carbons (Fsp3) is 0.727. The van der Waals surface area contributed by atoms with Crippen molar-refractivity contribution in [2.45, 2.75) is 25.8 Å². The molecule has 0 spiro atoms. The molecule has 5 heteroatoms. The Labute approximate surface area is 96.2 Å². The number of rotatable bonds is 3. The van der Waals surface area contributed by atoms with Crippen molar-refractivity contribution in [3.63, 3.8) is 0 Å². The van der Waals surface area contributed by atoms with E-state index in [1.54, 1.807) is 7.11 Å². The van der Waals surface area contributed by atoms with Crippen molar-refractivity contribution in [1.82, 2.24) is 9.78 Å². The Kier molecular flexibility index (Phi) is 3.33. The molecule has 2 heterocycles. The highest BCUT2D eigenvalue weighted by atomic mass is 16.5. The summed E-state index contributed by atoms with van der Waals surface area (Å²) >= 11 is 0. The molecule has 0 unspecified atom stereocenters. The van der Waals surface area contributed by atoms with Crippen molar-refractivity contribution < 1.29 is 4.74 Å². The van der Waals surface area contributed by atoms with E-state index in [9.17, 15) is 0 Å². The second-order valence-electron chi connectivity index (χ2n) is 4.19. The number of methoxy groups -OCH3 is 1. The molecule has 16 heavy (non-hydrogen) atoms. The number of nitrogens with two attached hydrogens (primary N) is 1. The van der Waals surface area contributed by atoms with Crippen LogP contribution in [-0.4, -0.2) is 30.0 Å². The number of aromatic nitrogens is 2. The molecule has 0 amide bonds. The SMILES string of the molecule is COc1nn(C)c(N2CCCCC2)c1CN. The van der Waals surface area contributed by atoms with Crippen LogP contribution in [0.25, 0.3) is 0 Å². The molecular formula is C11H20N4O. The first-order valence-corrected chi connectivity index (χ1v) is 5.82. The number of aryl methyl sites for hydroxylation is 1. The first-order valence-electron chi connectivity index (χ1n) is 5.82. The summed E-state index contributed by atoms with van der Waals surface area (Å²) in [5.41, 5.74) is 6.81. The van der Waals surface area contributed by atoms with E-state index in [4.69, 9.17) is 10.5 Å². The van der Waals surface area contributed by atoms with Crippen molar-refractivity contribution in [2.24, 2.45) is 12.8 Å². The molecule has 0 radical (unpaired) electrons. The van der Waals surface area contributed by atoms with E-state index >= 15 is 0 Å². The van der Waals surface area contributed by atoms with Crippen LogP contribution < -0.4 is 15.4 Å². The minimum Gasteiger partial charge on any atom is -0.480 e. The third-order valence-corrected chi connectivity index (χ3v) is 3.13. The number of hydrogen-bond acceptors (Lipinski definition) is 4. The summed E-state index contributed by atoms with van der Waals surface area (Å²) in [5.74, 6) is 1.78. The quantitative estimate of drug-likeness (QED) is 0.828. The first-order chi connectivity index (χ1) is 7.77. The summed E-state index contributed by atoms with van der Waals surface area (Å²) in [7, 11) is 3.59. The second kappa shape index (κ2) is 4.74. The summed E-state index contributed by atoms with van der Waals surface area (Å²) in [5, 5.41) is 4.35. The molecule has 5 nitrogen and oxygen atoms in total. The Morgan fingerprint density at radius 2 is 2.00 bits per heavy atom. The van der Waals surface area contributed by atoms with E-state index in [-0.39, 0.29) is 0 Å². The normalized spacial score (nSPS) is 16.6. The van der Waals surface area contributed by atoms with Gasteiger partial charge in [-0.15, -0.1) is 5.10 Å². The summed E-state index contributed by atoms with van der Waals surface area (Å²) in [4.78, 5) is 2.36. The third kappa shape index (κ3) is 1.87. The lowest BCUT2D eigenvalue weighted by Crippen LogP contribution is -2.32. The number of hydrogen-bond donors (Lipinski definition) is 1. The molecule has 0 aromatic carbocycles. The Bertz CT molecular complexity index is 355. The first kappa shape index (κ1) is 11.3. The van der Waals surface area contributed by atoms with Crippen molar-refractivity contribution in [2.75, 3.05) is 25.1 Å². The lowest BCUT2D eigenvalue weighted by Gasteiger charge is -2.29. The van der Waals surface area contributed by atoms with Gasteiger partial charge in [0.15, 0.2) is 0 Å². The van der Waals surface area contributed by atoms with Gasteiger partial charge >= 0.3 is 0 Å². The molecule has 1 aliphatic heterocycles. The molecule has 1 aromatic rings. The van der Waals surface area contributed by atoms with E-state index < -0.39 is 0 Å².